The Bertz CT molecular complexity index is 709. The Morgan fingerprint density at radius 2 is 1.88 bits per heavy atom. The number of nitrogens with zero attached hydrogens (tertiary/aromatic N) is 1. The molecule has 1 aliphatic rings. The van der Waals surface area contributed by atoms with E-state index in [4.69, 9.17) is 4.74 Å². The molecule has 2 rings (SSSR count). The van der Waals surface area contributed by atoms with Crippen LogP contribution in [-0.4, -0.2) is 51.1 Å². The summed E-state index contributed by atoms with van der Waals surface area (Å²) in [6.07, 6.45) is 2.14. The third kappa shape index (κ3) is 4.70. The molecule has 1 heterocycles. The molecule has 1 amide bonds. The summed E-state index contributed by atoms with van der Waals surface area (Å²) >= 11 is 0. The molecule has 1 aromatic rings. The van der Waals surface area contributed by atoms with Crippen LogP contribution in [0.15, 0.2) is 24.3 Å². The van der Waals surface area contributed by atoms with E-state index in [-0.39, 0.29) is 23.5 Å². The number of amides is 1. The number of piperidine rings is 1. The Morgan fingerprint density at radius 1 is 1.25 bits per heavy atom. The van der Waals surface area contributed by atoms with E-state index >= 15 is 0 Å². The molecule has 1 N–H and O–H groups in total. The maximum Gasteiger partial charge on any atom is 0.309 e. The molecular weight excluding hydrogens is 332 g/mol. The van der Waals surface area contributed by atoms with E-state index in [9.17, 15) is 18.0 Å². The molecule has 1 fully saturated rings. The average molecular weight is 354 g/mol. The van der Waals surface area contributed by atoms with Crippen LogP contribution in [0.3, 0.4) is 0 Å². The standard InChI is InChI=1S/C16H22N2O5S/c1-3-23-16(20)12-8-10-18(11-9-12)15(19)13-6-4-5-7-14(13)17-24(2,21)22/h4-7,12,17H,3,8-11H2,1-2H3. The van der Waals surface area contributed by atoms with E-state index in [1.807, 2.05) is 0 Å². The highest BCUT2D eigenvalue weighted by Crippen LogP contribution is 2.23. The zero-order valence-electron chi connectivity index (χ0n) is 13.8. The Morgan fingerprint density at radius 3 is 2.46 bits per heavy atom. The average Bonchev–Trinajstić information content (AvgIpc) is 2.53. The van der Waals surface area contributed by atoms with Gasteiger partial charge in [0.25, 0.3) is 5.91 Å². The highest BCUT2D eigenvalue weighted by Gasteiger charge is 2.29. The van der Waals surface area contributed by atoms with Gasteiger partial charge in [-0.05, 0) is 31.9 Å². The molecular formula is C16H22N2O5S. The van der Waals surface area contributed by atoms with E-state index in [1.165, 1.54) is 0 Å². The van der Waals surface area contributed by atoms with Gasteiger partial charge in [-0.25, -0.2) is 8.42 Å². The summed E-state index contributed by atoms with van der Waals surface area (Å²) in [5.74, 6) is -0.647. The van der Waals surface area contributed by atoms with Gasteiger partial charge in [0.05, 0.1) is 30.0 Å². The molecule has 0 radical (unpaired) electrons. The number of carbonyl (C=O) groups is 2. The lowest BCUT2D eigenvalue weighted by atomic mass is 9.96. The molecule has 8 heteroatoms. The van der Waals surface area contributed by atoms with Gasteiger partial charge < -0.3 is 9.64 Å². The maximum atomic E-state index is 12.7. The molecule has 0 aliphatic carbocycles. The minimum atomic E-state index is -3.47. The van der Waals surface area contributed by atoms with E-state index in [2.05, 4.69) is 4.72 Å². The van der Waals surface area contributed by atoms with Crippen molar-refractivity contribution in [3.05, 3.63) is 29.8 Å². The van der Waals surface area contributed by atoms with Gasteiger partial charge in [-0.2, -0.15) is 0 Å². The smallest absolute Gasteiger partial charge is 0.309 e. The minimum Gasteiger partial charge on any atom is -0.466 e. The number of hydrogen-bond acceptors (Lipinski definition) is 5. The zero-order valence-corrected chi connectivity index (χ0v) is 14.6. The van der Waals surface area contributed by atoms with Crippen LogP contribution >= 0.6 is 0 Å². The van der Waals surface area contributed by atoms with Gasteiger partial charge in [0.2, 0.25) is 10.0 Å². The number of rotatable bonds is 5. The normalized spacial score (nSPS) is 15.8. The van der Waals surface area contributed by atoms with Crippen LogP contribution in [0, 0.1) is 5.92 Å². The molecule has 24 heavy (non-hydrogen) atoms. The SMILES string of the molecule is CCOC(=O)C1CCN(C(=O)c2ccccc2NS(C)(=O)=O)CC1. The van der Waals surface area contributed by atoms with Crippen LogP contribution in [0.25, 0.3) is 0 Å². The van der Waals surface area contributed by atoms with E-state index in [0.717, 1.165) is 6.26 Å². The molecule has 132 valence electrons. The second kappa shape index (κ2) is 7.65. The van der Waals surface area contributed by atoms with Crippen molar-refractivity contribution in [1.82, 2.24) is 4.90 Å². The summed E-state index contributed by atoms with van der Waals surface area (Å²) in [5.41, 5.74) is 0.565. The van der Waals surface area contributed by atoms with Crippen LogP contribution in [0.1, 0.15) is 30.1 Å². The summed E-state index contributed by atoms with van der Waals surface area (Å²) < 4.78 is 30.3. The van der Waals surface area contributed by atoms with Gasteiger partial charge in [-0.3, -0.25) is 14.3 Å². The lowest BCUT2D eigenvalue weighted by molar-refractivity contribution is -0.149. The monoisotopic (exact) mass is 354 g/mol. The molecule has 0 atom stereocenters. The first-order valence-corrected chi connectivity index (χ1v) is 9.73. The molecule has 1 aromatic carbocycles. The number of carbonyl (C=O) groups excluding carboxylic acids is 2. The van der Waals surface area contributed by atoms with E-state index < -0.39 is 10.0 Å². The van der Waals surface area contributed by atoms with Crippen molar-refractivity contribution in [2.75, 3.05) is 30.7 Å². The lowest BCUT2D eigenvalue weighted by Gasteiger charge is -2.31. The first-order valence-electron chi connectivity index (χ1n) is 7.84. The molecule has 1 saturated heterocycles. The fourth-order valence-electron chi connectivity index (χ4n) is 2.71. The van der Waals surface area contributed by atoms with Crippen molar-refractivity contribution in [3.63, 3.8) is 0 Å². The van der Waals surface area contributed by atoms with Gasteiger partial charge in [-0.1, -0.05) is 12.1 Å². The molecule has 0 saturated carbocycles. The van der Waals surface area contributed by atoms with Gasteiger partial charge in [0.15, 0.2) is 0 Å². The number of para-hydroxylation sites is 1. The predicted octanol–water partition coefficient (Wildman–Crippen LogP) is 1.47. The van der Waals surface area contributed by atoms with Crippen LogP contribution in [0.5, 0.6) is 0 Å². The summed E-state index contributed by atoms with van der Waals surface area (Å²) in [6, 6.07) is 6.50. The fraction of sp³-hybridized carbons (Fsp3) is 0.500. The summed E-state index contributed by atoms with van der Waals surface area (Å²) in [7, 11) is -3.47. The van der Waals surface area contributed by atoms with Gasteiger partial charge in [0.1, 0.15) is 0 Å². The van der Waals surface area contributed by atoms with Crippen molar-refractivity contribution in [2.24, 2.45) is 5.92 Å². The van der Waals surface area contributed by atoms with Crippen molar-refractivity contribution in [1.29, 1.82) is 0 Å². The Labute approximate surface area is 142 Å². The number of likely N-dealkylation sites (tertiary alicyclic amines) is 1. The molecule has 7 nitrogen and oxygen atoms in total. The predicted molar refractivity (Wildman–Crippen MR) is 90.2 cm³/mol. The summed E-state index contributed by atoms with van der Waals surface area (Å²) in [5, 5.41) is 0. The molecule has 0 spiro atoms. The second-order valence-corrected chi connectivity index (χ2v) is 7.49. The van der Waals surface area contributed by atoms with Crippen molar-refractivity contribution >= 4 is 27.6 Å². The summed E-state index contributed by atoms with van der Waals surface area (Å²) in [4.78, 5) is 26.1. The number of benzene rings is 1. The first kappa shape index (κ1) is 18.3. The van der Waals surface area contributed by atoms with Crippen molar-refractivity contribution < 1.29 is 22.7 Å². The minimum absolute atomic E-state index is 0.182. The van der Waals surface area contributed by atoms with Crippen LogP contribution < -0.4 is 4.72 Å². The number of ether oxygens (including phenoxy) is 1. The Balaban J connectivity index is 2.07. The number of hydrogen-bond donors (Lipinski definition) is 1. The van der Waals surface area contributed by atoms with Gasteiger partial charge in [-0.15, -0.1) is 0 Å². The number of nitrogens with one attached hydrogen (secondary N) is 1. The van der Waals surface area contributed by atoms with Crippen LogP contribution in [-0.2, 0) is 19.6 Å². The Kier molecular flexibility index (Phi) is 5.82. The molecule has 1 aliphatic heterocycles. The highest BCUT2D eigenvalue weighted by molar-refractivity contribution is 7.92. The third-order valence-corrected chi connectivity index (χ3v) is 4.45. The number of esters is 1. The van der Waals surface area contributed by atoms with Crippen LogP contribution in [0.4, 0.5) is 5.69 Å². The maximum absolute atomic E-state index is 12.7. The number of sulfonamides is 1. The second-order valence-electron chi connectivity index (χ2n) is 5.74. The largest absolute Gasteiger partial charge is 0.466 e. The molecule has 0 aromatic heterocycles. The van der Waals surface area contributed by atoms with E-state index in [1.54, 1.807) is 36.1 Å². The van der Waals surface area contributed by atoms with Crippen molar-refractivity contribution in [3.8, 4) is 0 Å². The quantitative estimate of drug-likeness (QED) is 0.809. The molecule has 0 unspecified atom stereocenters. The first-order chi connectivity index (χ1) is 11.3. The molecule has 0 bridgehead atoms. The third-order valence-electron chi connectivity index (χ3n) is 3.85. The lowest BCUT2D eigenvalue weighted by Crippen LogP contribution is -2.41. The topological polar surface area (TPSA) is 92.8 Å². The highest BCUT2D eigenvalue weighted by atomic mass is 32.2. The fourth-order valence-corrected chi connectivity index (χ4v) is 3.28. The Hall–Kier alpha value is -2.09. The number of anilines is 1. The van der Waals surface area contributed by atoms with E-state index in [0.29, 0.717) is 38.1 Å². The zero-order chi connectivity index (χ0) is 17.7. The summed E-state index contributed by atoms with van der Waals surface area (Å²) in [6.45, 7) is 3.00. The van der Waals surface area contributed by atoms with Gasteiger partial charge >= 0.3 is 5.97 Å². The van der Waals surface area contributed by atoms with Crippen molar-refractivity contribution in [2.45, 2.75) is 19.8 Å². The van der Waals surface area contributed by atoms with Gasteiger partial charge in [0, 0.05) is 13.1 Å². The van der Waals surface area contributed by atoms with Crippen LogP contribution in [0.2, 0.25) is 0 Å².